The second kappa shape index (κ2) is 7.13. The first-order valence-corrected chi connectivity index (χ1v) is 7.74. The maximum Gasteiger partial charge on any atom is 0.222 e. The van der Waals surface area contributed by atoms with Crippen LogP contribution >= 0.6 is 0 Å². The molecule has 0 aromatic carbocycles. The lowest BCUT2D eigenvalue weighted by Gasteiger charge is -2.25. The van der Waals surface area contributed by atoms with Crippen LogP contribution in [0.2, 0.25) is 0 Å². The fourth-order valence-corrected chi connectivity index (χ4v) is 3.37. The van der Waals surface area contributed by atoms with Crippen molar-refractivity contribution in [3.8, 4) is 0 Å². The van der Waals surface area contributed by atoms with Gasteiger partial charge in [0.2, 0.25) is 5.91 Å². The highest BCUT2D eigenvalue weighted by Crippen LogP contribution is 2.27. The Morgan fingerprint density at radius 3 is 2.67 bits per heavy atom. The maximum atomic E-state index is 12.1. The van der Waals surface area contributed by atoms with Gasteiger partial charge < -0.3 is 10.2 Å². The Bertz CT molecular complexity index is 255. The molecule has 18 heavy (non-hydrogen) atoms. The largest absolute Gasteiger partial charge is 0.341 e. The van der Waals surface area contributed by atoms with Gasteiger partial charge in [-0.1, -0.05) is 32.1 Å². The van der Waals surface area contributed by atoms with Crippen molar-refractivity contribution >= 4 is 5.91 Å². The van der Waals surface area contributed by atoms with Crippen LogP contribution in [0.15, 0.2) is 0 Å². The van der Waals surface area contributed by atoms with E-state index in [0.29, 0.717) is 11.9 Å². The van der Waals surface area contributed by atoms with E-state index in [4.69, 9.17) is 0 Å². The van der Waals surface area contributed by atoms with Crippen molar-refractivity contribution in [3.63, 3.8) is 0 Å². The first-order chi connectivity index (χ1) is 8.77. The lowest BCUT2D eigenvalue weighted by molar-refractivity contribution is -0.131. The molecule has 0 spiro atoms. The Morgan fingerprint density at radius 2 is 2.00 bits per heavy atom. The molecular weight excluding hydrogens is 224 g/mol. The van der Waals surface area contributed by atoms with E-state index < -0.39 is 0 Å². The molecule has 1 N–H and O–H groups in total. The standard InChI is InChI=1S/C15H28N2O/c1-17(14-10-11-16-12-14)15(18)9-5-8-13-6-3-2-4-7-13/h13-14,16H,2-12H2,1H3. The quantitative estimate of drug-likeness (QED) is 0.815. The minimum atomic E-state index is 0.347. The number of hydrogen-bond acceptors (Lipinski definition) is 2. The highest BCUT2D eigenvalue weighted by molar-refractivity contribution is 5.76. The highest BCUT2D eigenvalue weighted by Gasteiger charge is 2.23. The number of hydrogen-bond donors (Lipinski definition) is 1. The van der Waals surface area contributed by atoms with Gasteiger partial charge in [0.25, 0.3) is 0 Å². The zero-order chi connectivity index (χ0) is 12.8. The van der Waals surface area contributed by atoms with Gasteiger partial charge in [-0.15, -0.1) is 0 Å². The van der Waals surface area contributed by atoms with Gasteiger partial charge in [-0.05, 0) is 31.7 Å². The Balaban J connectivity index is 1.61. The fraction of sp³-hybridized carbons (Fsp3) is 0.933. The number of nitrogens with one attached hydrogen (secondary N) is 1. The Morgan fingerprint density at radius 1 is 1.22 bits per heavy atom. The molecule has 2 rings (SSSR count). The van der Waals surface area contributed by atoms with Crippen LogP contribution in [0.3, 0.4) is 0 Å². The van der Waals surface area contributed by atoms with Gasteiger partial charge in [-0.2, -0.15) is 0 Å². The predicted octanol–water partition coefficient (Wildman–Crippen LogP) is 2.56. The fourth-order valence-electron chi connectivity index (χ4n) is 3.37. The summed E-state index contributed by atoms with van der Waals surface area (Å²) in [7, 11) is 1.97. The molecule has 1 unspecified atom stereocenters. The van der Waals surface area contributed by atoms with Crippen LogP contribution in [0.25, 0.3) is 0 Å². The number of likely N-dealkylation sites (N-methyl/N-ethyl adjacent to an activating group) is 1. The topological polar surface area (TPSA) is 32.3 Å². The number of rotatable bonds is 5. The molecule has 0 bridgehead atoms. The zero-order valence-electron chi connectivity index (χ0n) is 11.8. The van der Waals surface area contributed by atoms with Gasteiger partial charge in [-0.25, -0.2) is 0 Å². The molecule has 3 heteroatoms. The van der Waals surface area contributed by atoms with Crippen molar-refractivity contribution in [1.29, 1.82) is 0 Å². The molecule has 3 nitrogen and oxygen atoms in total. The van der Waals surface area contributed by atoms with Crippen LogP contribution < -0.4 is 5.32 Å². The normalized spacial score (nSPS) is 25.3. The summed E-state index contributed by atoms with van der Waals surface area (Å²) in [6.07, 6.45) is 11.3. The van der Waals surface area contributed by atoms with E-state index in [9.17, 15) is 4.79 Å². The van der Waals surface area contributed by atoms with Crippen molar-refractivity contribution in [1.82, 2.24) is 10.2 Å². The van der Waals surface area contributed by atoms with Crippen molar-refractivity contribution in [2.45, 2.75) is 63.8 Å². The zero-order valence-corrected chi connectivity index (χ0v) is 11.8. The van der Waals surface area contributed by atoms with Crippen LogP contribution in [0.5, 0.6) is 0 Å². The monoisotopic (exact) mass is 252 g/mol. The smallest absolute Gasteiger partial charge is 0.222 e. The maximum absolute atomic E-state index is 12.1. The van der Waals surface area contributed by atoms with Crippen LogP contribution in [-0.4, -0.2) is 37.0 Å². The van der Waals surface area contributed by atoms with E-state index in [1.165, 1.54) is 38.5 Å². The minimum absolute atomic E-state index is 0.347. The van der Waals surface area contributed by atoms with Crippen LogP contribution in [-0.2, 0) is 4.79 Å². The van der Waals surface area contributed by atoms with E-state index in [1.54, 1.807) is 0 Å². The first kappa shape index (κ1) is 13.9. The van der Waals surface area contributed by atoms with E-state index >= 15 is 0 Å². The molecule has 1 saturated heterocycles. The summed E-state index contributed by atoms with van der Waals surface area (Å²) < 4.78 is 0. The van der Waals surface area contributed by atoms with Crippen molar-refractivity contribution in [2.24, 2.45) is 5.92 Å². The average Bonchev–Trinajstić information content (AvgIpc) is 2.93. The third-order valence-corrected chi connectivity index (χ3v) is 4.70. The Hall–Kier alpha value is -0.570. The Kier molecular flexibility index (Phi) is 5.48. The highest BCUT2D eigenvalue weighted by atomic mass is 16.2. The van der Waals surface area contributed by atoms with E-state index in [2.05, 4.69) is 5.32 Å². The molecule has 104 valence electrons. The molecule has 1 atom stereocenters. The molecule has 1 saturated carbocycles. The second-order valence-corrected chi connectivity index (χ2v) is 6.05. The first-order valence-electron chi connectivity index (χ1n) is 7.74. The summed E-state index contributed by atoms with van der Waals surface area (Å²) in [6.45, 7) is 2.04. The molecule has 2 aliphatic rings. The summed E-state index contributed by atoms with van der Waals surface area (Å²) in [6, 6.07) is 0.437. The van der Waals surface area contributed by atoms with Crippen molar-refractivity contribution in [2.75, 3.05) is 20.1 Å². The average molecular weight is 252 g/mol. The van der Waals surface area contributed by atoms with Crippen LogP contribution in [0.1, 0.15) is 57.8 Å². The number of amides is 1. The number of nitrogens with zero attached hydrogens (tertiary/aromatic N) is 1. The third kappa shape index (κ3) is 3.98. The summed E-state index contributed by atoms with van der Waals surface area (Å²) in [5, 5.41) is 3.32. The summed E-state index contributed by atoms with van der Waals surface area (Å²) in [4.78, 5) is 14.0. The van der Waals surface area contributed by atoms with Crippen molar-refractivity contribution < 1.29 is 4.79 Å². The van der Waals surface area contributed by atoms with E-state index in [0.717, 1.165) is 38.3 Å². The summed E-state index contributed by atoms with van der Waals surface area (Å²) in [5.74, 6) is 1.25. The lowest BCUT2D eigenvalue weighted by atomic mass is 9.86. The van der Waals surface area contributed by atoms with Crippen LogP contribution in [0, 0.1) is 5.92 Å². The van der Waals surface area contributed by atoms with Crippen LogP contribution in [0.4, 0.5) is 0 Å². The van der Waals surface area contributed by atoms with E-state index in [1.807, 2.05) is 11.9 Å². The summed E-state index contributed by atoms with van der Waals surface area (Å²) >= 11 is 0. The Labute approximate surface area is 111 Å². The molecule has 0 aromatic rings. The lowest BCUT2D eigenvalue weighted by Crippen LogP contribution is -2.38. The van der Waals surface area contributed by atoms with E-state index in [-0.39, 0.29) is 0 Å². The van der Waals surface area contributed by atoms with Gasteiger partial charge in [0, 0.05) is 26.1 Å². The number of carbonyl (C=O) groups is 1. The molecule has 2 fully saturated rings. The van der Waals surface area contributed by atoms with Gasteiger partial charge in [0.15, 0.2) is 0 Å². The van der Waals surface area contributed by atoms with Gasteiger partial charge in [0.1, 0.15) is 0 Å². The molecule has 0 aromatic heterocycles. The second-order valence-electron chi connectivity index (χ2n) is 6.05. The molecule has 0 radical (unpaired) electrons. The summed E-state index contributed by atoms with van der Waals surface area (Å²) in [5.41, 5.74) is 0. The molecular formula is C15H28N2O. The number of carbonyl (C=O) groups excluding carboxylic acids is 1. The van der Waals surface area contributed by atoms with Gasteiger partial charge >= 0.3 is 0 Å². The minimum Gasteiger partial charge on any atom is -0.341 e. The molecule has 1 aliphatic carbocycles. The van der Waals surface area contributed by atoms with Gasteiger partial charge in [-0.3, -0.25) is 4.79 Å². The molecule has 1 aliphatic heterocycles. The SMILES string of the molecule is CN(C(=O)CCCC1CCCCC1)C1CCNC1. The van der Waals surface area contributed by atoms with Crippen molar-refractivity contribution in [3.05, 3.63) is 0 Å². The molecule has 1 heterocycles. The molecule has 1 amide bonds. The third-order valence-electron chi connectivity index (χ3n) is 4.70. The van der Waals surface area contributed by atoms with Gasteiger partial charge in [0.05, 0.1) is 0 Å². The predicted molar refractivity (Wildman–Crippen MR) is 74.5 cm³/mol.